The van der Waals surface area contributed by atoms with E-state index in [1.54, 1.807) is 6.20 Å². The molecule has 3 heterocycles. The summed E-state index contributed by atoms with van der Waals surface area (Å²) < 4.78 is 35.2. The zero-order chi connectivity index (χ0) is 28.4. The van der Waals surface area contributed by atoms with E-state index in [9.17, 15) is 8.78 Å². The molecule has 0 radical (unpaired) electrons. The molecule has 4 aliphatic rings. The number of aromatic amines is 1. The van der Waals surface area contributed by atoms with Crippen LogP contribution in [0.1, 0.15) is 43.7 Å². The van der Waals surface area contributed by atoms with Gasteiger partial charge in [-0.15, -0.1) is 0 Å². The number of aromatic nitrogens is 3. The summed E-state index contributed by atoms with van der Waals surface area (Å²) in [6, 6.07) is 18.5. The van der Waals surface area contributed by atoms with Crippen LogP contribution in [-0.2, 0) is 0 Å². The lowest BCUT2D eigenvalue weighted by Crippen LogP contribution is -2.47. The maximum atomic E-state index is 14.6. The van der Waals surface area contributed by atoms with Crippen molar-refractivity contribution in [2.45, 2.75) is 38.6 Å². The highest BCUT2D eigenvalue weighted by Crippen LogP contribution is 2.46. The van der Waals surface area contributed by atoms with Crippen LogP contribution in [-0.4, -0.2) is 21.0 Å². The summed E-state index contributed by atoms with van der Waals surface area (Å²) in [6.07, 6.45) is 10.8. The number of ether oxygens (including phenoxy) is 1. The van der Waals surface area contributed by atoms with Crippen molar-refractivity contribution in [1.82, 2.24) is 15.0 Å². The Bertz CT molecular complexity index is 1870. The highest BCUT2D eigenvalue weighted by Gasteiger charge is 2.41. The standard InChI is InChI=1S/C35H30F2N4O/c1-19-20-6-11-23(12-7-20)33(19)40-32-17-29(39-35(41-32)27-18-38-34-26(27)15-25(36)16-28(34)37)24-13-10-22-9-8-21-4-2-3-5-30(21)42-31(22)14-24/h2-5,8-10,13-20,23,33,38H,6-7,11-12H2,1H3,(H,39,40,41). The summed E-state index contributed by atoms with van der Waals surface area (Å²) in [5.74, 6) is 3.24. The van der Waals surface area contributed by atoms with Crippen molar-refractivity contribution in [3.63, 3.8) is 0 Å². The predicted molar refractivity (Wildman–Crippen MR) is 162 cm³/mol. The van der Waals surface area contributed by atoms with Crippen LogP contribution in [0.3, 0.4) is 0 Å². The summed E-state index contributed by atoms with van der Waals surface area (Å²) in [5, 5.41) is 4.19. The van der Waals surface area contributed by atoms with E-state index in [0.29, 0.717) is 46.2 Å². The fraction of sp³-hybridized carbons (Fsp3) is 0.257. The molecule has 3 aliphatic carbocycles. The van der Waals surface area contributed by atoms with E-state index in [1.807, 2.05) is 48.5 Å². The Morgan fingerprint density at radius 1 is 0.857 bits per heavy atom. The van der Waals surface area contributed by atoms with Gasteiger partial charge in [-0.3, -0.25) is 0 Å². The van der Waals surface area contributed by atoms with Gasteiger partial charge in [0.15, 0.2) is 5.82 Å². The fourth-order valence-corrected chi connectivity index (χ4v) is 7.23. The molecule has 210 valence electrons. The number of fused-ring (bicyclic) bond motifs is 6. The minimum atomic E-state index is -0.644. The maximum absolute atomic E-state index is 14.6. The van der Waals surface area contributed by atoms with E-state index in [2.05, 4.69) is 29.4 Å². The van der Waals surface area contributed by atoms with Crippen molar-refractivity contribution < 1.29 is 13.5 Å². The maximum Gasteiger partial charge on any atom is 0.164 e. The molecule has 3 saturated carbocycles. The second kappa shape index (κ2) is 9.79. The molecule has 0 saturated heterocycles. The average Bonchev–Trinajstić information content (AvgIpc) is 3.34. The largest absolute Gasteiger partial charge is 0.456 e. The third-order valence-electron chi connectivity index (χ3n) is 9.51. The third-order valence-corrected chi connectivity index (χ3v) is 9.51. The van der Waals surface area contributed by atoms with Gasteiger partial charge in [-0.2, -0.15) is 0 Å². The van der Waals surface area contributed by atoms with Gasteiger partial charge < -0.3 is 15.0 Å². The van der Waals surface area contributed by atoms with Crippen LogP contribution in [0.25, 0.3) is 45.7 Å². The van der Waals surface area contributed by atoms with Crippen molar-refractivity contribution in [2.75, 3.05) is 5.32 Å². The van der Waals surface area contributed by atoms with Crippen LogP contribution in [0.15, 0.2) is 66.9 Å². The molecule has 1 aliphatic heterocycles. The number of halogens is 2. The third kappa shape index (κ3) is 4.26. The second-order valence-electron chi connectivity index (χ2n) is 11.9. The zero-order valence-corrected chi connectivity index (χ0v) is 23.2. The first kappa shape index (κ1) is 25.2. The molecule has 2 aromatic heterocycles. The molecular formula is C35H30F2N4O. The van der Waals surface area contributed by atoms with Crippen LogP contribution in [0.2, 0.25) is 0 Å². The lowest BCUT2D eigenvalue weighted by atomic mass is 9.62. The second-order valence-corrected chi connectivity index (χ2v) is 11.9. The van der Waals surface area contributed by atoms with E-state index in [0.717, 1.165) is 40.2 Å². The lowest BCUT2D eigenvalue weighted by Gasteiger charge is -2.47. The van der Waals surface area contributed by atoms with E-state index in [-0.39, 0.29) is 5.52 Å². The molecule has 3 aromatic carbocycles. The van der Waals surface area contributed by atoms with E-state index < -0.39 is 11.6 Å². The van der Waals surface area contributed by atoms with Crippen molar-refractivity contribution in [3.05, 3.63) is 89.6 Å². The summed E-state index contributed by atoms with van der Waals surface area (Å²) in [6.45, 7) is 2.34. The van der Waals surface area contributed by atoms with E-state index in [4.69, 9.17) is 14.7 Å². The molecule has 2 bridgehead atoms. The summed E-state index contributed by atoms with van der Waals surface area (Å²) >= 11 is 0. The molecule has 5 nitrogen and oxygen atoms in total. The first-order valence-electron chi connectivity index (χ1n) is 14.7. The Balaban J connectivity index is 1.24. The Kier molecular flexibility index (Phi) is 5.88. The van der Waals surface area contributed by atoms with Gasteiger partial charge >= 0.3 is 0 Å². The number of nitrogens with zero attached hydrogens (tertiary/aromatic N) is 2. The Morgan fingerprint density at radius 3 is 2.48 bits per heavy atom. The Morgan fingerprint density at radius 2 is 1.64 bits per heavy atom. The van der Waals surface area contributed by atoms with Gasteiger partial charge in [0, 0.05) is 52.0 Å². The van der Waals surface area contributed by atoms with Gasteiger partial charge in [0.2, 0.25) is 0 Å². The molecule has 9 rings (SSSR count). The number of nitrogens with one attached hydrogen (secondary N) is 2. The van der Waals surface area contributed by atoms with Gasteiger partial charge in [0.1, 0.15) is 29.0 Å². The number of anilines is 1. The van der Waals surface area contributed by atoms with Crippen molar-refractivity contribution >= 4 is 28.9 Å². The van der Waals surface area contributed by atoms with Crippen LogP contribution in [0.5, 0.6) is 11.5 Å². The smallest absolute Gasteiger partial charge is 0.164 e. The lowest BCUT2D eigenvalue weighted by molar-refractivity contribution is 0.0928. The van der Waals surface area contributed by atoms with Crippen molar-refractivity contribution in [3.8, 4) is 34.1 Å². The fourth-order valence-electron chi connectivity index (χ4n) is 7.23. The molecule has 5 aromatic rings. The number of benzene rings is 3. The summed E-state index contributed by atoms with van der Waals surface area (Å²) in [5.41, 5.74) is 4.34. The van der Waals surface area contributed by atoms with Crippen molar-refractivity contribution in [2.24, 2.45) is 17.8 Å². The van der Waals surface area contributed by atoms with E-state index in [1.165, 1.54) is 31.7 Å². The zero-order valence-electron chi connectivity index (χ0n) is 23.2. The normalized spacial score (nSPS) is 22.4. The molecule has 2 N–H and O–H groups in total. The first-order valence-corrected chi connectivity index (χ1v) is 14.7. The van der Waals surface area contributed by atoms with Crippen LogP contribution in [0.4, 0.5) is 14.6 Å². The summed E-state index contributed by atoms with van der Waals surface area (Å²) in [4.78, 5) is 12.8. The number of rotatable bonds is 4. The highest BCUT2D eigenvalue weighted by atomic mass is 19.1. The van der Waals surface area contributed by atoms with Crippen LogP contribution < -0.4 is 10.1 Å². The van der Waals surface area contributed by atoms with Gasteiger partial charge in [-0.1, -0.05) is 49.4 Å². The monoisotopic (exact) mass is 560 g/mol. The number of para-hydroxylation sites is 1. The molecule has 0 amide bonds. The van der Waals surface area contributed by atoms with Gasteiger partial charge in [-0.05, 0) is 61.6 Å². The average molecular weight is 561 g/mol. The Hall–Kier alpha value is -4.52. The minimum Gasteiger partial charge on any atom is -0.456 e. The molecule has 42 heavy (non-hydrogen) atoms. The number of H-pyrrole nitrogens is 1. The molecule has 2 atom stereocenters. The van der Waals surface area contributed by atoms with Gasteiger partial charge in [0.05, 0.1) is 11.2 Å². The van der Waals surface area contributed by atoms with Crippen LogP contribution in [0, 0.1) is 29.4 Å². The predicted octanol–water partition coefficient (Wildman–Crippen LogP) is 9.08. The molecule has 7 heteroatoms. The molecule has 0 spiro atoms. The first-order chi connectivity index (χ1) is 20.5. The highest BCUT2D eigenvalue weighted by molar-refractivity contribution is 5.94. The van der Waals surface area contributed by atoms with Crippen LogP contribution >= 0.6 is 0 Å². The quantitative estimate of drug-likeness (QED) is 0.226. The van der Waals surface area contributed by atoms with Gasteiger partial charge in [0.25, 0.3) is 0 Å². The minimum absolute atomic E-state index is 0.233. The van der Waals surface area contributed by atoms with Crippen molar-refractivity contribution in [1.29, 1.82) is 0 Å². The number of hydrogen-bond acceptors (Lipinski definition) is 4. The molecule has 2 unspecified atom stereocenters. The SMILES string of the molecule is CC1C2CCC(CC2)C1Nc1cc(-c2ccc3c(c2)Oc2ccccc2C=C3)nc(-c2c[nH]c3c(F)cc(F)cc23)n1. The molecular weight excluding hydrogens is 530 g/mol. The molecule has 3 fully saturated rings. The topological polar surface area (TPSA) is 62.8 Å². The van der Waals surface area contributed by atoms with E-state index >= 15 is 0 Å². The number of hydrogen-bond donors (Lipinski definition) is 2. The van der Waals surface area contributed by atoms with Gasteiger partial charge in [-0.25, -0.2) is 18.7 Å². The summed E-state index contributed by atoms with van der Waals surface area (Å²) in [7, 11) is 0. The Labute approximate surface area is 242 Å².